The van der Waals surface area contributed by atoms with Gasteiger partial charge in [-0.15, -0.1) is 0 Å². The number of rotatable bonds is 2. The summed E-state index contributed by atoms with van der Waals surface area (Å²) in [7, 11) is 0. The van der Waals surface area contributed by atoms with E-state index in [1.165, 1.54) is 0 Å². The summed E-state index contributed by atoms with van der Waals surface area (Å²) >= 11 is 0. The van der Waals surface area contributed by atoms with Gasteiger partial charge in [0.15, 0.2) is 5.82 Å². The first-order valence-corrected chi connectivity index (χ1v) is 5.97. The van der Waals surface area contributed by atoms with Gasteiger partial charge in [0.25, 0.3) is 0 Å². The first-order chi connectivity index (χ1) is 7.59. The molecule has 4 nitrogen and oxygen atoms in total. The number of hydrogen-bond acceptors (Lipinski definition) is 4. The number of hydrogen-bond donors (Lipinski definition) is 1. The predicted molar refractivity (Wildman–Crippen MR) is 67.1 cm³/mol. The van der Waals surface area contributed by atoms with Crippen LogP contribution in [0.15, 0.2) is 6.20 Å². The van der Waals surface area contributed by atoms with E-state index in [1.807, 2.05) is 6.20 Å². The molecule has 0 aromatic carbocycles. The van der Waals surface area contributed by atoms with Crippen LogP contribution in [0.5, 0.6) is 0 Å². The normalized spacial score (nSPS) is 15.2. The fourth-order valence-corrected chi connectivity index (χ4v) is 1.93. The van der Waals surface area contributed by atoms with Gasteiger partial charge < -0.3 is 10.2 Å². The molecule has 0 spiro atoms. The Kier molecular flexibility index (Phi) is 2.99. The van der Waals surface area contributed by atoms with E-state index in [0.29, 0.717) is 12.0 Å². The molecule has 0 unspecified atom stereocenters. The van der Waals surface area contributed by atoms with Gasteiger partial charge in [0.2, 0.25) is 0 Å². The minimum Gasteiger partial charge on any atom is -0.379 e. The van der Waals surface area contributed by atoms with Crippen molar-refractivity contribution in [3.63, 3.8) is 0 Å². The number of anilines is 2. The zero-order valence-corrected chi connectivity index (χ0v) is 10.5. The van der Waals surface area contributed by atoms with Gasteiger partial charge in [0, 0.05) is 25.0 Å². The average molecular weight is 220 g/mol. The number of fused-ring (bicyclic) bond motifs is 1. The maximum absolute atomic E-state index is 4.67. The minimum atomic E-state index is 0.376. The van der Waals surface area contributed by atoms with Crippen LogP contribution < -0.4 is 10.2 Å². The summed E-state index contributed by atoms with van der Waals surface area (Å²) < 4.78 is 0. The van der Waals surface area contributed by atoms with Crippen molar-refractivity contribution in [2.75, 3.05) is 23.3 Å². The largest absolute Gasteiger partial charge is 0.379 e. The van der Waals surface area contributed by atoms with Crippen molar-refractivity contribution >= 4 is 11.5 Å². The van der Waals surface area contributed by atoms with Crippen molar-refractivity contribution < 1.29 is 0 Å². The maximum atomic E-state index is 4.67. The van der Waals surface area contributed by atoms with Crippen molar-refractivity contribution in [2.45, 2.75) is 39.7 Å². The van der Waals surface area contributed by atoms with Crippen molar-refractivity contribution in [2.24, 2.45) is 0 Å². The molecule has 0 fully saturated rings. The molecule has 2 rings (SSSR count). The summed E-state index contributed by atoms with van der Waals surface area (Å²) in [6, 6.07) is 0.482. The first-order valence-electron chi connectivity index (χ1n) is 5.97. The van der Waals surface area contributed by atoms with Crippen LogP contribution in [0.2, 0.25) is 0 Å². The highest BCUT2D eigenvalue weighted by molar-refractivity contribution is 5.67. The molecule has 0 aliphatic carbocycles. The second kappa shape index (κ2) is 4.28. The van der Waals surface area contributed by atoms with Crippen molar-refractivity contribution in [1.29, 1.82) is 0 Å². The topological polar surface area (TPSA) is 41.1 Å². The lowest BCUT2D eigenvalue weighted by molar-refractivity contribution is 0.658. The van der Waals surface area contributed by atoms with Gasteiger partial charge in [0.05, 0.1) is 11.9 Å². The molecule has 1 aliphatic rings. The summed E-state index contributed by atoms with van der Waals surface area (Å²) in [5.41, 5.74) is 1.06. The predicted octanol–water partition coefficient (Wildman–Crippen LogP) is 2.24. The Bertz CT molecular complexity index is 373. The molecule has 0 bridgehead atoms. The van der Waals surface area contributed by atoms with Gasteiger partial charge in [-0.05, 0) is 13.8 Å². The molecule has 1 aromatic rings. The van der Waals surface area contributed by atoms with Crippen LogP contribution in [0.25, 0.3) is 0 Å². The van der Waals surface area contributed by atoms with Crippen LogP contribution in [-0.2, 0) is 0 Å². The van der Waals surface area contributed by atoms with Crippen molar-refractivity contribution in [3.05, 3.63) is 12.0 Å². The summed E-state index contributed by atoms with van der Waals surface area (Å²) in [6.45, 7) is 10.6. The van der Waals surface area contributed by atoms with Gasteiger partial charge in [-0.1, -0.05) is 13.8 Å². The van der Waals surface area contributed by atoms with Gasteiger partial charge >= 0.3 is 0 Å². The molecule has 0 saturated carbocycles. The third kappa shape index (κ3) is 1.96. The molecule has 88 valence electrons. The van der Waals surface area contributed by atoms with E-state index in [4.69, 9.17) is 0 Å². The lowest BCUT2D eigenvalue weighted by Gasteiger charge is -2.34. The number of nitrogens with one attached hydrogen (secondary N) is 1. The minimum absolute atomic E-state index is 0.376. The number of nitrogens with zero attached hydrogens (tertiary/aromatic N) is 3. The maximum Gasteiger partial charge on any atom is 0.156 e. The van der Waals surface area contributed by atoms with E-state index in [9.17, 15) is 0 Å². The van der Waals surface area contributed by atoms with Gasteiger partial charge in [-0.25, -0.2) is 9.97 Å². The summed E-state index contributed by atoms with van der Waals surface area (Å²) in [5.74, 6) is 2.36. The van der Waals surface area contributed by atoms with Crippen LogP contribution in [0.4, 0.5) is 11.5 Å². The van der Waals surface area contributed by atoms with Gasteiger partial charge in [0.1, 0.15) is 5.82 Å². The molecular formula is C12H20N4. The highest BCUT2D eigenvalue weighted by Gasteiger charge is 2.21. The van der Waals surface area contributed by atoms with E-state index in [0.717, 1.165) is 30.4 Å². The van der Waals surface area contributed by atoms with Crippen LogP contribution in [0.3, 0.4) is 0 Å². The molecule has 2 heterocycles. The van der Waals surface area contributed by atoms with Crippen LogP contribution >= 0.6 is 0 Å². The highest BCUT2D eigenvalue weighted by atomic mass is 15.3. The molecule has 0 amide bonds. The Hall–Kier alpha value is -1.32. The lowest BCUT2D eigenvalue weighted by Crippen LogP contribution is -2.39. The van der Waals surface area contributed by atoms with Gasteiger partial charge in [-0.2, -0.15) is 0 Å². The smallest absolute Gasteiger partial charge is 0.156 e. The Labute approximate surface area is 97.1 Å². The third-order valence-electron chi connectivity index (χ3n) is 2.87. The third-order valence-corrected chi connectivity index (χ3v) is 2.87. The van der Waals surface area contributed by atoms with Crippen LogP contribution in [-0.4, -0.2) is 29.1 Å². The van der Waals surface area contributed by atoms with E-state index >= 15 is 0 Å². The summed E-state index contributed by atoms with van der Waals surface area (Å²) in [6.07, 6.45) is 1.91. The second-order valence-corrected chi connectivity index (χ2v) is 4.83. The molecule has 16 heavy (non-hydrogen) atoms. The van der Waals surface area contributed by atoms with Crippen LogP contribution in [0.1, 0.15) is 39.4 Å². The van der Waals surface area contributed by atoms with E-state index in [1.54, 1.807) is 0 Å². The molecule has 0 atom stereocenters. The molecule has 0 saturated heterocycles. The van der Waals surface area contributed by atoms with E-state index in [2.05, 4.69) is 47.9 Å². The standard InChI is InChI=1S/C12H20N4/c1-8(2)11-14-7-10-12(15-11)16(9(3)4)6-5-13-10/h7-9,13H,5-6H2,1-4H3. The van der Waals surface area contributed by atoms with Crippen LogP contribution in [0, 0.1) is 0 Å². The summed E-state index contributed by atoms with van der Waals surface area (Å²) in [5, 5.41) is 3.35. The van der Waals surface area contributed by atoms with E-state index < -0.39 is 0 Å². The Morgan fingerprint density at radius 3 is 2.69 bits per heavy atom. The van der Waals surface area contributed by atoms with E-state index in [-0.39, 0.29) is 0 Å². The van der Waals surface area contributed by atoms with Gasteiger partial charge in [-0.3, -0.25) is 0 Å². The SMILES string of the molecule is CC(C)c1ncc2c(n1)N(C(C)C)CCN2. The average Bonchev–Trinajstić information content (AvgIpc) is 2.27. The second-order valence-electron chi connectivity index (χ2n) is 4.83. The summed E-state index contributed by atoms with van der Waals surface area (Å²) in [4.78, 5) is 11.4. The van der Waals surface area contributed by atoms with Crippen molar-refractivity contribution in [3.8, 4) is 0 Å². The Morgan fingerprint density at radius 1 is 1.31 bits per heavy atom. The zero-order valence-electron chi connectivity index (χ0n) is 10.5. The quantitative estimate of drug-likeness (QED) is 0.830. The monoisotopic (exact) mass is 220 g/mol. The number of aromatic nitrogens is 2. The molecule has 1 aliphatic heterocycles. The molecular weight excluding hydrogens is 200 g/mol. The molecule has 4 heteroatoms. The Balaban J connectivity index is 2.40. The van der Waals surface area contributed by atoms with Crippen molar-refractivity contribution in [1.82, 2.24) is 9.97 Å². The first kappa shape index (κ1) is 11.2. The molecule has 0 radical (unpaired) electrons. The zero-order chi connectivity index (χ0) is 11.7. The fourth-order valence-electron chi connectivity index (χ4n) is 1.93. The highest BCUT2D eigenvalue weighted by Crippen LogP contribution is 2.28. The lowest BCUT2D eigenvalue weighted by atomic mass is 10.2. The Morgan fingerprint density at radius 2 is 2.06 bits per heavy atom. The molecule has 1 aromatic heterocycles. The fraction of sp³-hybridized carbons (Fsp3) is 0.667. The molecule has 1 N–H and O–H groups in total.